The largest absolute Gasteiger partial charge is 0.216 e. The molecule has 1 heterocycles. The lowest BCUT2D eigenvalue weighted by Gasteiger charge is -2.04. The molecule has 1 aromatic heterocycles. The fraction of sp³-hybridized carbons (Fsp3) is 0.111. The van der Waals surface area contributed by atoms with Gasteiger partial charge in [-0.2, -0.15) is 0 Å². The lowest BCUT2D eigenvalue weighted by molar-refractivity contribution is 0.617. The van der Waals surface area contributed by atoms with Crippen molar-refractivity contribution in [3.8, 4) is 5.69 Å². The molecule has 0 saturated carbocycles. The first-order valence-corrected chi connectivity index (χ1v) is 5.46. The van der Waals surface area contributed by atoms with Gasteiger partial charge < -0.3 is 0 Å². The van der Waals surface area contributed by atoms with Crippen molar-refractivity contribution in [2.45, 2.75) is 5.88 Å². The maximum Gasteiger partial charge on any atom is 0.139 e. The van der Waals surface area contributed by atoms with E-state index in [0.717, 1.165) is 5.69 Å². The van der Waals surface area contributed by atoms with Crippen LogP contribution in [0.1, 0.15) is 5.69 Å². The number of hydrogen-bond donors (Lipinski definition) is 0. The van der Waals surface area contributed by atoms with Crippen molar-refractivity contribution in [1.82, 2.24) is 15.0 Å². The molecule has 2 rings (SSSR count). The summed E-state index contributed by atoms with van der Waals surface area (Å²) in [5.74, 6) is -0.0615. The minimum Gasteiger partial charge on any atom is -0.216 e. The summed E-state index contributed by atoms with van der Waals surface area (Å²) in [6.45, 7) is 0. The molecule has 2 aromatic rings. The Balaban J connectivity index is 2.50. The molecule has 0 unspecified atom stereocenters. The van der Waals surface area contributed by atoms with Gasteiger partial charge in [-0.3, -0.25) is 0 Å². The van der Waals surface area contributed by atoms with Gasteiger partial charge in [-0.05, 0) is 28.1 Å². The van der Waals surface area contributed by atoms with Crippen LogP contribution < -0.4 is 0 Å². The summed E-state index contributed by atoms with van der Waals surface area (Å²) in [7, 11) is 0. The third-order valence-corrected chi connectivity index (χ3v) is 2.82. The number of halogens is 3. The first-order chi connectivity index (χ1) is 7.22. The number of aromatic nitrogens is 3. The molecule has 0 saturated heterocycles. The minimum atomic E-state index is -0.344. The SMILES string of the molecule is Fc1cc(-n2nncc2CCl)ccc1Br. The third-order valence-electron chi connectivity index (χ3n) is 1.90. The highest BCUT2D eigenvalue weighted by Crippen LogP contribution is 2.19. The zero-order valence-electron chi connectivity index (χ0n) is 7.49. The molecule has 0 aliphatic carbocycles. The van der Waals surface area contributed by atoms with Gasteiger partial charge in [0.1, 0.15) is 5.82 Å². The van der Waals surface area contributed by atoms with E-state index in [1.807, 2.05) is 0 Å². The summed E-state index contributed by atoms with van der Waals surface area (Å²) in [6.07, 6.45) is 1.55. The van der Waals surface area contributed by atoms with Gasteiger partial charge in [-0.25, -0.2) is 9.07 Å². The summed E-state index contributed by atoms with van der Waals surface area (Å²) < 4.78 is 15.2. The van der Waals surface area contributed by atoms with Crippen molar-refractivity contribution in [1.29, 1.82) is 0 Å². The number of alkyl halides is 1. The highest BCUT2D eigenvalue weighted by atomic mass is 79.9. The van der Waals surface area contributed by atoms with E-state index in [0.29, 0.717) is 10.2 Å². The van der Waals surface area contributed by atoms with E-state index in [9.17, 15) is 4.39 Å². The fourth-order valence-corrected chi connectivity index (χ4v) is 1.61. The molecule has 0 bridgehead atoms. The number of nitrogens with zero attached hydrogens (tertiary/aromatic N) is 3. The third kappa shape index (κ3) is 2.03. The molecule has 3 nitrogen and oxygen atoms in total. The normalized spacial score (nSPS) is 10.6. The highest BCUT2D eigenvalue weighted by Gasteiger charge is 2.07. The predicted octanol–water partition coefficient (Wildman–Crippen LogP) is 2.91. The molecule has 0 aliphatic rings. The first kappa shape index (κ1) is 10.6. The minimum absolute atomic E-state index is 0.282. The molecule has 0 N–H and O–H groups in total. The maximum absolute atomic E-state index is 13.3. The van der Waals surface area contributed by atoms with Crippen LogP contribution in [0.3, 0.4) is 0 Å². The summed E-state index contributed by atoms with van der Waals surface area (Å²) >= 11 is 8.77. The molecule has 6 heteroatoms. The lowest BCUT2D eigenvalue weighted by Crippen LogP contribution is -2.01. The Morgan fingerprint density at radius 3 is 2.93 bits per heavy atom. The van der Waals surface area contributed by atoms with E-state index < -0.39 is 0 Å². The fourth-order valence-electron chi connectivity index (χ4n) is 1.18. The second-order valence-corrected chi connectivity index (χ2v) is 3.99. The van der Waals surface area contributed by atoms with Crippen molar-refractivity contribution in [3.05, 3.63) is 40.4 Å². The second-order valence-electron chi connectivity index (χ2n) is 2.87. The Hall–Kier alpha value is -0.940. The molecule has 78 valence electrons. The van der Waals surface area contributed by atoms with Gasteiger partial charge in [-0.1, -0.05) is 5.21 Å². The summed E-state index contributed by atoms with van der Waals surface area (Å²) in [5, 5.41) is 7.54. The summed E-state index contributed by atoms with van der Waals surface area (Å²) in [6, 6.07) is 4.72. The number of benzene rings is 1. The molecular formula is C9H6BrClFN3. The van der Waals surface area contributed by atoms with Crippen molar-refractivity contribution in [3.63, 3.8) is 0 Å². The Labute approximate surface area is 99.0 Å². The van der Waals surface area contributed by atoms with Crippen LogP contribution in [0.15, 0.2) is 28.9 Å². The van der Waals surface area contributed by atoms with E-state index in [1.54, 1.807) is 18.3 Å². The van der Waals surface area contributed by atoms with Crippen LogP contribution in [-0.4, -0.2) is 15.0 Å². The zero-order valence-corrected chi connectivity index (χ0v) is 9.83. The maximum atomic E-state index is 13.3. The van der Waals surface area contributed by atoms with Gasteiger partial charge in [0.25, 0.3) is 0 Å². The molecule has 15 heavy (non-hydrogen) atoms. The van der Waals surface area contributed by atoms with Crippen LogP contribution >= 0.6 is 27.5 Å². The zero-order chi connectivity index (χ0) is 10.8. The van der Waals surface area contributed by atoms with Crippen molar-refractivity contribution < 1.29 is 4.39 Å². The number of hydrogen-bond acceptors (Lipinski definition) is 2. The molecular weight excluding hydrogens is 284 g/mol. The molecule has 1 aromatic carbocycles. The second kappa shape index (κ2) is 4.28. The first-order valence-electron chi connectivity index (χ1n) is 4.13. The van der Waals surface area contributed by atoms with E-state index in [1.165, 1.54) is 10.7 Å². The molecule has 0 aliphatic heterocycles. The summed E-state index contributed by atoms with van der Waals surface area (Å²) in [5.41, 5.74) is 1.32. The number of rotatable bonds is 2. The Kier molecular flexibility index (Phi) is 3.02. The van der Waals surface area contributed by atoms with Crippen molar-refractivity contribution in [2.24, 2.45) is 0 Å². The van der Waals surface area contributed by atoms with E-state index >= 15 is 0 Å². The molecule has 0 amide bonds. The average Bonchev–Trinajstić information content (AvgIpc) is 2.70. The Morgan fingerprint density at radius 2 is 2.27 bits per heavy atom. The molecule has 0 fully saturated rings. The van der Waals surface area contributed by atoms with Gasteiger partial charge in [0.15, 0.2) is 0 Å². The lowest BCUT2D eigenvalue weighted by atomic mass is 10.3. The van der Waals surface area contributed by atoms with E-state index in [-0.39, 0.29) is 11.7 Å². The molecule has 0 atom stereocenters. The Bertz CT molecular complexity index is 486. The highest BCUT2D eigenvalue weighted by molar-refractivity contribution is 9.10. The van der Waals surface area contributed by atoms with Crippen LogP contribution in [0.4, 0.5) is 4.39 Å². The van der Waals surface area contributed by atoms with Gasteiger partial charge in [0, 0.05) is 6.07 Å². The van der Waals surface area contributed by atoms with Crippen LogP contribution in [0.25, 0.3) is 5.69 Å². The van der Waals surface area contributed by atoms with Crippen LogP contribution in [0.2, 0.25) is 0 Å². The topological polar surface area (TPSA) is 30.7 Å². The van der Waals surface area contributed by atoms with Crippen LogP contribution in [0, 0.1) is 5.82 Å². The average molecular weight is 291 g/mol. The monoisotopic (exact) mass is 289 g/mol. The smallest absolute Gasteiger partial charge is 0.139 e. The van der Waals surface area contributed by atoms with Crippen molar-refractivity contribution >= 4 is 27.5 Å². The van der Waals surface area contributed by atoms with E-state index in [4.69, 9.17) is 11.6 Å². The summed E-state index contributed by atoms with van der Waals surface area (Å²) in [4.78, 5) is 0. The molecule has 0 radical (unpaired) electrons. The standard InChI is InChI=1S/C9H6BrClFN3/c10-8-2-1-6(3-9(8)12)15-7(4-11)5-13-14-15/h1-3,5H,4H2. The quantitative estimate of drug-likeness (QED) is 0.796. The van der Waals surface area contributed by atoms with Crippen LogP contribution in [-0.2, 0) is 5.88 Å². The Morgan fingerprint density at radius 1 is 1.47 bits per heavy atom. The molecule has 0 spiro atoms. The predicted molar refractivity (Wildman–Crippen MR) is 58.6 cm³/mol. The van der Waals surface area contributed by atoms with Crippen molar-refractivity contribution in [2.75, 3.05) is 0 Å². The van der Waals surface area contributed by atoms with Gasteiger partial charge in [0.2, 0.25) is 0 Å². The van der Waals surface area contributed by atoms with Gasteiger partial charge in [0.05, 0.1) is 27.9 Å². The van der Waals surface area contributed by atoms with Gasteiger partial charge in [-0.15, -0.1) is 16.7 Å². The van der Waals surface area contributed by atoms with E-state index in [2.05, 4.69) is 26.2 Å². The van der Waals surface area contributed by atoms with Gasteiger partial charge >= 0.3 is 0 Å². The van der Waals surface area contributed by atoms with Crippen LogP contribution in [0.5, 0.6) is 0 Å².